The van der Waals surface area contributed by atoms with E-state index < -0.39 is 0 Å². The van der Waals surface area contributed by atoms with Gasteiger partial charge in [-0.25, -0.2) is 0 Å². The van der Waals surface area contributed by atoms with E-state index in [1.165, 1.54) is 30.4 Å². The van der Waals surface area contributed by atoms with Gasteiger partial charge in [-0.2, -0.15) is 0 Å². The first-order valence-corrected chi connectivity index (χ1v) is 7.34. The Morgan fingerprint density at radius 2 is 2.17 bits per heavy atom. The minimum absolute atomic E-state index is 0.493. The van der Waals surface area contributed by atoms with Crippen LogP contribution in [0.4, 0.5) is 0 Å². The van der Waals surface area contributed by atoms with Gasteiger partial charge in [0.15, 0.2) is 0 Å². The van der Waals surface area contributed by atoms with E-state index in [1.807, 2.05) is 0 Å². The molecule has 0 radical (unpaired) electrons. The fourth-order valence-corrected chi connectivity index (χ4v) is 2.57. The summed E-state index contributed by atoms with van der Waals surface area (Å²) in [6, 6.07) is 7.16. The number of rotatable bonds is 7. The molecule has 2 heteroatoms. The smallest absolute Gasteiger partial charge is 0.122 e. The van der Waals surface area contributed by atoms with Crippen LogP contribution in [0.1, 0.15) is 56.7 Å². The van der Waals surface area contributed by atoms with Crippen molar-refractivity contribution < 1.29 is 4.74 Å². The SMILES string of the molecule is CCCCCNC(CC)c1ccc2c(c1)CCO2. The number of fused-ring (bicyclic) bond motifs is 1. The highest BCUT2D eigenvalue weighted by atomic mass is 16.5. The lowest BCUT2D eigenvalue weighted by molar-refractivity contribution is 0.356. The number of unbranched alkanes of at least 4 members (excludes halogenated alkanes) is 2. The predicted molar refractivity (Wildman–Crippen MR) is 76.2 cm³/mol. The Bertz CT molecular complexity index is 375. The summed E-state index contributed by atoms with van der Waals surface area (Å²) >= 11 is 0. The molecule has 1 atom stereocenters. The Morgan fingerprint density at radius 3 is 2.94 bits per heavy atom. The molecule has 0 saturated heterocycles. The van der Waals surface area contributed by atoms with Crippen LogP contribution in [0.3, 0.4) is 0 Å². The van der Waals surface area contributed by atoms with E-state index in [4.69, 9.17) is 4.74 Å². The van der Waals surface area contributed by atoms with Gasteiger partial charge in [0, 0.05) is 12.5 Å². The number of benzene rings is 1. The Labute approximate surface area is 111 Å². The maximum atomic E-state index is 5.56. The summed E-state index contributed by atoms with van der Waals surface area (Å²) in [5.74, 6) is 1.08. The van der Waals surface area contributed by atoms with Crippen LogP contribution in [0, 0.1) is 0 Å². The van der Waals surface area contributed by atoms with Gasteiger partial charge in [0.1, 0.15) is 5.75 Å². The molecule has 0 bridgehead atoms. The molecule has 1 heterocycles. The lowest BCUT2D eigenvalue weighted by atomic mass is 10.0. The van der Waals surface area contributed by atoms with Crippen molar-refractivity contribution >= 4 is 0 Å². The highest BCUT2D eigenvalue weighted by molar-refractivity contribution is 5.40. The number of hydrogen-bond acceptors (Lipinski definition) is 2. The van der Waals surface area contributed by atoms with Gasteiger partial charge in [-0.15, -0.1) is 0 Å². The zero-order valence-electron chi connectivity index (χ0n) is 11.7. The highest BCUT2D eigenvalue weighted by Gasteiger charge is 2.15. The highest BCUT2D eigenvalue weighted by Crippen LogP contribution is 2.29. The van der Waals surface area contributed by atoms with Crippen LogP contribution in [0.5, 0.6) is 5.75 Å². The van der Waals surface area contributed by atoms with Gasteiger partial charge in [-0.05, 0) is 36.6 Å². The topological polar surface area (TPSA) is 21.3 Å². The third-order valence-corrected chi connectivity index (χ3v) is 3.70. The minimum atomic E-state index is 0.493. The normalized spacial score (nSPS) is 15.2. The second-order valence-electron chi connectivity index (χ2n) is 5.09. The van der Waals surface area contributed by atoms with E-state index in [9.17, 15) is 0 Å². The Kier molecular flexibility index (Phi) is 5.06. The molecule has 0 spiro atoms. The van der Waals surface area contributed by atoms with Gasteiger partial charge < -0.3 is 10.1 Å². The molecule has 1 aromatic carbocycles. The van der Waals surface area contributed by atoms with Crippen LogP contribution in [0.15, 0.2) is 18.2 Å². The summed E-state index contributed by atoms with van der Waals surface area (Å²) in [6.45, 7) is 6.47. The van der Waals surface area contributed by atoms with E-state index in [0.29, 0.717) is 6.04 Å². The summed E-state index contributed by atoms with van der Waals surface area (Å²) in [5, 5.41) is 3.67. The Balaban J connectivity index is 1.94. The fraction of sp³-hybridized carbons (Fsp3) is 0.625. The molecule has 1 aliphatic rings. The first kappa shape index (κ1) is 13.4. The molecular weight excluding hydrogens is 222 g/mol. The van der Waals surface area contributed by atoms with Gasteiger partial charge in [0.25, 0.3) is 0 Å². The number of hydrogen-bond donors (Lipinski definition) is 1. The molecule has 2 nitrogen and oxygen atoms in total. The lowest BCUT2D eigenvalue weighted by Gasteiger charge is -2.18. The van der Waals surface area contributed by atoms with E-state index >= 15 is 0 Å². The van der Waals surface area contributed by atoms with Crippen molar-refractivity contribution in [3.63, 3.8) is 0 Å². The maximum Gasteiger partial charge on any atom is 0.122 e. The van der Waals surface area contributed by atoms with Crippen LogP contribution in [-0.2, 0) is 6.42 Å². The molecule has 0 fully saturated rings. The van der Waals surface area contributed by atoms with E-state index in [-0.39, 0.29) is 0 Å². The fourth-order valence-electron chi connectivity index (χ4n) is 2.57. The third kappa shape index (κ3) is 3.26. The molecule has 100 valence electrons. The molecule has 0 aliphatic carbocycles. The van der Waals surface area contributed by atoms with Crippen LogP contribution < -0.4 is 10.1 Å². The van der Waals surface area contributed by atoms with E-state index in [1.54, 1.807) is 0 Å². The molecular formula is C16H25NO. The summed E-state index contributed by atoms with van der Waals surface area (Å²) in [6.07, 6.45) is 6.10. The Morgan fingerprint density at radius 1 is 1.28 bits per heavy atom. The molecule has 0 amide bonds. The largest absolute Gasteiger partial charge is 0.493 e. The summed E-state index contributed by atoms with van der Waals surface area (Å²) < 4.78 is 5.56. The molecule has 1 aromatic rings. The lowest BCUT2D eigenvalue weighted by Crippen LogP contribution is -2.21. The zero-order chi connectivity index (χ0) is 12.8. The summed E-state index contributed by atoms with van der Waals surface area (Å²) in [4.78, 5) is 0. The quantitative estimate of drug-likeness (QED) is 0.739. The van der Waals surface area contributed by atoms with Crippen LogP contribution >= 0.6 is 0 Å². The second-order valence-corrected chi connectivity index (χ2v) is 5.09. The van der Waals surface area contributed by atoms with E-state index in [0.717, 1.165) is 31.7 Å². The van der Waals surface area contributed by atoms with Crippen LogP contribution in [0.2, 0.25) is 0 Å². The monoisotopic (exact) mass is 247 g/mol. The van der Waals surface area contributed by atoms with Gasteiger partial charge in [-0.1, -0.05) is 38.8 Å². The average molecular weight is 247 g/mol. The average Bonchev–Trinajstić information content (AvgIpc) is 2.86. The van der Waals surface area contributed by atoms with Crippen molar-refractivity contribution in [3.8, 4) is 5.75 Å². The Hall–Kier alpha value is -1.02. The number of nitrogens with one attached hydrogen (secondary N) is 1. The van der Waals surface area contributed by atoms with Gasteiger partial charge in [0.2, 0.25) is 0 Å². The second kappa shape index (κ2) is 6.79. The van der Waals surface area contributed by atoms with Crippen molar-refractivity contribution in [1.82, 2.24) is 5.32 Å². The van der Waals surface area contributed by atoms with Gasteiger partial charge >= 0.3 is 0 Å². The molecule has 1 unspecified atom stereocenters. The van der Waals surface area contributed by atoms with E-state index in [2.05, 4.69) is 37.4 Å². The zero-order valence-corrected chi connectivity index (χ0v) is 11.7. The molecule has 0 aromatic heterocycles. The first-order valence-electron chi connectivity index (χ1n) is 7.34. The molecule has 1 aliphatic heterocycles. The molecule has 1 N–H and O–H groups in total. The predicted octanol–water partition coefficient (Wildman–Crippen LogP) is 3.85. The van der Waals surface area contributed by atoms with Crippen molar-refractivity contribution in [1.29, 1.82) is 0 Å². The molecule has 18 heavy (non-hydrogen) atoms. The van der Waals surface area contributed by atoms with Crippen molar-refractivity contribution in [2.45, 2.75) is 52.0 Å². The standard InChI is InChI=1S/C16H25NO/c1-3-5-6-10-17-15(4-2)13-7-8-16-14(12-13)9-11-18-16/h7-8,12,15,17H,3-6,9-11H2,1-2H3. The van der Waals surface area contributed by atoms with Crippen LogP contribution in [0.25, 0.3) is 0 Å². The van der Waals surface area contributed by atoms with Crippen LogP contribution in [-0.4, -0.2) is 13.2 Å². The first-order chi connectivity index (χ1) is 8.85. The maximum absolute atomic E-state index is 5.56. The summed E-state index contributed by atoms with van der Waals surface area (Å²) in [5.41, 5.74) is 2.79. The van der Waals surface area contributed by atoms with Crippen molar-refractivity contribution in [3.05, 3.63) is 29.3 Å². The third-order valence-electron chi connectivity index (χ3n) is 3.70. The van der Waals surface area contributed by atoms with Gasteiger partial charge in [0.05, 0.1) is 6.61 Å². The minimum Gasteiger partial charge on any atom is -0.493 e. The number of ether oxygens (including phenoxy) is 1. The molecule has 0 saturated carbocycles. The van der Waals surface area contributed by atoms with Crippen molar-refractivity contribution in [2.24, 2.45) is 0 Å². The summed E-state index contributed by atoms with van der Waals surface area (Å²) in [7, 11) is 0. The van der Waals surface area contributed by atoms with Crippen molar-refractivity contribution in [2.75, 3.05) is 13.2 Å². The van der Waals surface area contributed by atoms with Gasteiger partial charge in [-0.3, -0.25) is 0 Å². The molecule has 2 rings (SSSR count).